The number of hydrogen-bond donors (Lipinski definition) is 2. The Morgan fingerprint density at radius 3 is 2.71 bits per heavy atom. The zero-order chi connectivity index (χ0) is 16.2. The Balaban J connectivity index is 2.71. The average Bonchev–Trinajstić information content (AvgIpc) is 2.34. The van der Waals surface area contributed by atoms with Crippen molar-refractivity contribution in [2.75, 3.05) is 12.1 Å². The van der Waals surface area contributed by atoms with Crippen LogP contribution in [-0.2, 0) is 16.6 Å². The highest BCUT2D eigenvalue weighted by Crippen LogP contribution is 2.18. The summed E-state index contributed by atoms with van der Waals surface area (Å²) in [6.45, 7) is 1.67. The fourth-order valence-electron chi connectivity index (χ4n) is 1.72. The first-order chi connectivity index (χ1) is 9.72. The van der Waals surface area contributed by atoms with Crippen LogP contribution in [0.15, 0.2) is 11.0 Å². The molecule has 1 heterocycles. The number of aliphatic carboxylic acids is 1. The number of aromatic nitrogens is 2. The second kappa shape index (κ2) is 7.07. The van der Waals surface area contributed by atoms with Crippen molar-refractivity contribution in [2.45, 2.75) is 19.8 Å². The zero-order valence-corrected chi connectivity index (χ0v) is 12.7. The fraction of sp³-hybridized carbons (Fsp3) is 0.500. The highest BCUT2D eigenvalue weighted by molar-refractivity contribution is 6.33. The van der Waals surface area contributed by atoms with Gasteiger partial charge in [0.1, 0.15) is 10.7 Å². The van der Waals surface area contributed by atoms with Gasteiger partial charge in [-0.15, -0.1) is 0 Å². The normalized spacial score (nSPS) is 11.8. The van der Waals surface area contributed by atoms with Crippen LogP contribution in [0.5, 0.6) is 0 Å². The van der Waals surface area contributed by atoms with Crippen molar-refractivity contribution in [3.05, 3.63) is 21.6 Å². The van der Waals surface area contributed by atoms with Gasteiger partial charge in [-0.05, 0) is 5.92 Å². The second-order valence-electron chi connectivity index (χ2n) is 4.77. The van der Waals surface area contributed by atoms with Gasteiger partial charge in [0.05, 0.1) is 6.20 Å². The number of halogens is 1. The molecule has 1 aromatic rings. The van der Waals surface area contributed by atoms with Crippen LogP contribution in [0.25, 0.3) is 0 Å². The van der Waals surface area contributed by atoms with Gasteiger partial charge in [0.15, 0.2) is 0 Å². The number of carbonyl (C=O) groups is 2. The molecule has 0 spiro atoms. The van der Waals surface area contributed by atoms with E-state index in [9.17, 15) is 14.4 Å². The van der Waals surface area contributed by atoms with Gasteiger partial charge < -0.3 is 5.11 Å². The van der Waals surface area contributed by atoms with E-state index in [4.69, 9.17) is 16.7 Å². The molecule has 1 amide bonds. The molecule has 0 aliphatic rings. The first kappa shape index (κ1) is 17.0. The Labute approximate surface area is 126 Å². The van der Waals surface area contributed by atoms with E-state index >= 15 is 0 Å². The SMILES string of the molecule is CC(CC(=O)O)CC(=O)NN(C)c1cnn(C)c(=O)c1Cl. The summed E-state index contributed by atoms with van der Waals surface area (Å²) in [6, 6.07) is 0. The van der Waals surface area contributed by atoms with Crippen molar-refractivity contribution in [3.63, 3.8) is 0 Å². The maximum atomic E-state index is 11.8. The van der Waals surface area contributed by atoms with Crippen LogP contribution in [0, 0.1) is 5.92 Å². The average molecular weight is 317 g/mol. The lowest BCUT2D eigenvalue weighted by molar-refractivity contribution is -0.138. The highest BCUT2D eigenvalue weighted by atomic mass is 35.5. The Hall–Kier alpha value is -2.09. The molecule has 1 unspecified atom stereocenters. The third-order valence-electron chi connectivity index (χ3n) is 2.77. The number of carbonyl (C=O) groups excluding carboxylic acids is 1. The molecule has 1 atom stereocenters. The van der Waals surface area contributed by atoms with Crippen LogP contribution in [0.2, 0.25) is 5.02 Å². The Morgan fingerprint density at radius 2 is 2.14 bits per heavy atom. The largest absolute Gasteiger partial charge is 0.481 e. The summed E-state index contributed by atoms with van der Waals surface area (Å²) in [5.41, 5.74) is 2.30. The molecule has 2 N–H and O–H groups in total. The molecule has 0 aliphatic heterocycles. The Bertz CT molecular complexity index is 601. The molecule has 8 nitrogen and oxygen atoms in total. The van der Waals surface area contributed by atoms with Gasteiger partial charge in [-0.2, -0.15) is 5.10 Å². The molecule has 0 aromatic carbocycles. The van der Waals surface area contributed by atoms with Crippen molar-refractivity contribution in [3.8, 4) is 0 Å². The maximum absolute atomic E-state index is 11.8. The summed E-state index contributed by atoms with van der Waals surface area (Å²) in [7, 11) is 2.98. The molecular weight excluding hydrogens is 300 g/mol. The van der Waals surface area contributed by atoms with Gasteiger partial charge in [0.25, 0.3) is 5.56 Å². The van der Waals surface area contributed by atoms with Crippen LogP contribution < -0.4 is 16.0 Å². The van der Waals surface area contributed by atoms with Crippen molar-refractivity contribution in [2.24, 2.45) is 13.0 Å². The van der Waals surface area contributed by atoms with E-state index in [1.165, 1.54) is 25.3 Å². The number of hydrazine groups is 1. The van der Waals surface area contributed by atoms with Crippen LogP contribution in [0.4, 0.5) is 5.69 Å². The quantitative estimate of drug-likeness (QED) is 0.736. The Morgan fingerprint density at radius 1 is 1.52 bits per heavy atom. The third kappa shape index (κ3) is 4.75. The number of anilines is 1. The number of nitrogens with zero attached hydrogens (tertiary/aromatic N) is 3. The molecule has 116 valence electrons. The summed E-state index contributed by atoms with van der Waals surface area (Å²) in [6.07, 6.45) is 1.31. The van der Waals surface area contributed by atoms with Crippen LogP contribution in [-0.4, -0.2) is 33.8 Å². The summed E-state index contributed by atoms with van der Waals surface area (Å²) >= 11 is 5.91. The summed E-state index contributed by atoms with van der Waals surface area (Å²) in [5.74, 6) is -1.63. The van der Waals surface area contributed by atoms with Crippen LogP contribution in [0.1, 0.15) is 19.8 Å². The predicted octanol–water partition coefficient (Wildman–Crippen LogP) is 0.402. The van der Waals surface area contributed by atoms with E-state index in [1.807, 2.05) is 0 Å². The number of carboxylic acids is 1. The molecule has 0 fully saturated rings. The smallest absolute Gasteiger partial charge is 0.303 e. The summed E-state index contributed by atoms with van der Waals surface area (Å²) in [4.78, 5) is 34.0. The van der Waals surface area contributed by atoms with Crippen molar-refractivity contribution in [1.29, 1.82) is 0 Å². The number of rotatable bonds is 6. The number of carboxylic acid groups (broad SMARTS) is 1. The highest BCUT2D eigenvalue weighted by Gasteiger charge is 2.16. The van der Waals surface area contributed by atoms with Gasteiger partial charge in [-0.25, -0.2) is 4.68 Å². The summed E-state index contributed by atoms with van der Waals surface area (Å²) in [5, 5.41) is 13.7. The van der Waals surface area contributed by atoms with Crippen LogP contribution >= 0.6 is 11.6 Å². The Kier molecular flexibility index (Phi) is 5.71. The fourth-order valence-corrected chi connectivity index (χ4v) is 2.01. The van der Waals surface area contributed by atoms with E-state index in [0.29, 0.717) is 0 Å². The first-order valence-corrected chi connectivity index (χ1v) is 6.57. The molecule has 0 radical (unpaired) electrons. The molecule has 1 aromatic heterocycles. The molecule has 0 saturated carbocycles. The molecule has 1 rings (SSSR count). The topological polar surface area (TPSA) is 105 Å². The van der Waals surface area contributed by atoms with Crippen molar-refractivity contribution < 1.29 is 14.7 Å². The maximum Gasteiger partial charge on any atom is 0.303 e. The van der Waals surface area contributed by atoms with Gasteiger partial charge in [-0.1, -0.05) is 18.5 Å². The predicted molar refractivity (Wildman–Crippen MR) is 77.1 cm³/mol. The lowest BCUT2D eigenvalue weighted by Gasteiger charge is -2.21. The van der Waals surface area contributed by atoms with E-state index in [1.54, 1.807) is 6.92 Å². The zero-order valence-electron chi connectivity index (χ0n) is 12.0. The van der Waals surface area contributed by atoms with E-state index in [2.05, 4.69) is 10.5 Å². The minimum atomic E-state index is -0.956. The molecule has 9 heteroatoms. The third-order valence-corrected chi connectivity index (χ3v) is 3.13. The number of nitrogens with one attached hydrogen (secondary N) is 1. The van der Waals surface area contributed by atoms with E-state index in [0.717, 1.165) is 4.68 Å². The standard InChI is InChI=1S/C12H17ClN4O4/c1-7(5-10(19)20)4-9(18)15-16(2)8-6-14-17(3)12(21)11(8)13/h6-7H,4-5H2,1-3H3,(H,15,18)(H,19,20). The number of aryl methyl sites for hydroxylation is 1. The monoisotopic (exact) mass is 316 g/mol. The lowest BCUT2D eigenvalue weighted by Crippen LogP contribution is -2.41. The summed E-state index contributed by atoms with van der Waals surface area (Å²) < 4.78 is 1.08. The van der Waals surface area contributed by atoms with Gasteiger partial charge >= 0.3 is 5.97 Å². The molecule has 0 saturated heterocycles. The molecule has 21 heavy (non-hydrogen) atoms. The van der Waals surface area contributed by atoms with Crippen LogP contribution in [0.3, 0.4) is 0 Å². The first-order valence-electron chi connectivity index (χ1n) is 6.19. The molecular formula is C12H17ClN4O4. The van der Waals surface area contributed by atoms with E-state index in [-0.39, 0.29) is 35.4 Å². The minimum absolute atomic E-state index is 0.0481. The molecule has 0 aliphatic carbocycles. The minimum Gasteiger partial charge on any atom is -0.481 e. The van der Waals surface area contributed by atoms with Gasteiger partial charge in [-0.3, -0.25) is 24.8 Å². The lowest BCUT2D eigenvalue weighted by atomic mass is 10.0. The molecule has 0 bridgehead atoms. The van der Waals surface area contributed by atoms with E-state index < -0.39 is 11.5 Å². The number of hydrogen-bond acceptors (Lipinski definition) is 5. The van der Waals surface area contributed by atoms with Crippen molar-refractivity contribution in [1.82, 2.24) is 15.2 Å². The number of amides is 1. The van der Waals surface area contributed by atoms with Gasteiger partial charge in [0, 0.05) is 26.9 Å². The van der Waals surface area contributed by atoms with Gasteiger partial charge in [0.2, 0.25) is 5.91 Å². The van der Waals surface area contributed by atoms with Crippen molar-refractivity contribution >= 4 is 29.2 Å². The second-order valence-corrected chi connectivity index (χ2v) is 5.15.